The van der Waals surface area contributed by atoms with E-state index in [0.717, 1.165) is 103 Å². The van der Waals surface area contributed by atoms with Crippen LogP contribution in [-0.2, 0) is 28.6 Å². The first kappa shape index (κ1) is 64.6. The van der Waals surface area contributed by atoms with Gasteiger partial charge in [0.25, 0.3) is 0 Å². The number of carbonyl (C=O) groups excluding carboxylic acids is 3. The normalized spacial score (nSPS) is 12.7. The fraction of sp³-hybridized carbons (Fsp3) is 0.726. The van der Waals surface area contributed by atoms with Crippen LogP contribution in [0.3, 0.4) is 0 Å². The fourth-order valence-corrected chi connectivity index (χ4v) is 7.81. The van der Waals surface area contributed by atoms with Gasteiger partial charge < -0.3 is 14.2 Å². The quantitative estimate of drug-likeness (QED) is 0.0262. The van der Waals surface area contributed by atoms with Gasteiger partial charge in [0.1, 0.15) is 13.2 Å². The summed E-state index contributed by atoms with van der Waals surface area (Å²) in [6.45, 7) is 6.47. The Balaban J connectivity index is 4.39. The minimum Gasteiger partial charge on any atom is -0.462 e. The Morgan fingerprint density at radius 2 is 0.574 bits per heavy atom. The SMILES string of the molecule is CC/C=C\C/C=C\C/C=C\C/C=C\CCCCCCCCC(=O)OCC(COC(=O)CCCCCCC/C=C\CCCCC)OC(=O)CCCCCCCCCCC/C=C\C/C=C\CCCCC. The predicted molar refractivity (Wildman–Crippen MR) is 293 cm³/mol. The van der Waals surface area contributed by atoms with E-state index in [4.69, 9.17) is 14.2 Å². The van der Waals surface area contributed by atoms with Crippen molar-refractivity contribution in [1.29, 1.82) is 0 Å². The molecule has 0 aliphatic carbocycles. The molecule has 0 heterocycles. The Bertz CT molecular complexity index is 1320. The van der Waals surface area contributed by atoms with Crippen LogP contribution in [0, 0.1) is 0 Å². The molecule has 0 rings (SSSR count). The van der Waals surface area contributed by atoms with Crippen molar-refractivity contribution in [3.05, 3.63) is 85.1 Å². The maximum Gasteiger partial charge on any atom is 0.306 e. The monoisotopic (exact) mass is 947 g/mol. The third-order valence-electron chi connectivity index (χ3n) is 12.1. The van der Waals surface area contributed by atoms with Crippen LogP contribution in [0.2, 0.25) is 0 Å². The highest BCUT2D eigenvalue weighted by Crippen LogP contribution is 2.15. The summed E-state index contributed by atoms with van der Waals surface area (Å²) in [6, 6.07) is 0. The van der Waals surface area contributed by atoms with Crippen LogP contribution in [-0.4, -0.2) is 37.2 Å². The van der Waals surface area contributed by atoms with Gasteiger partial charge in [0.2, 0.25) is 0 Å². The van der Waals surface area contributed by atoms with Crippen LogP contribution in [0.1, 0.15) is 271 Å². The highest BCUT2D eigenvalue weighted by molar-refractivity contribution is 5.71. The van der Waals surface area contributed by atoms with Crippen LogP contribution in [0.15, 0.2) is 85.1 Å². The maximum absolute atomic E-state index is 12.9. The van der Waals surface area contributed by atoms with E-state index >= 15 is 0 Å². The Morgan fingerprint density at radius 3 is 0.912 bits per heavy atom. The molecule has 0 N–H and O–H groups in total. The molecule has 0 aromatic heterocycles. The summed E-state index contributed by atoms with van der Waals surface area (Å²) in [5.41, 5.74) is 0. The van der Waals surface area contributed by atoms with Gasteiger partial charge >= 0.3 is 17.9 Å². The van der Waals surface area contributed by atoms with Gasteiger partial charge in [-0.3, -0.25) is 14.4 Å². The molecule has 0 aromatic carbocycles. The average Bonchev–Trinajstić information content (AvgIpc) is 3.34. The molecular formula is C62H106O6. The van der Waals surface area contributed by atoms with Crippen LogP contribution in [0.4, 0.5) is 0 Å². The van der Waals surface area contributed by atoms with Gasteiger partial charge in [0, 0.05) is 19.3 Å². The van der Waals surface area contributed by atoms with Crippen LogP contribution in [0.5, 0.6) is 0 Å². The Morgan fingerprint density at radius 1 is 0.309 bits per heavy atom. The molecule has 0 radical (unpaired) electrons. The topological polar surface area (TPSA) is 78.9 Å². The van der Waals surface area contributed by atoms with Gasteiger partial charge in [0.05, 0.1) is 0 Å². The molecule has 0 aliphatic heterocycles. The minimum atomic E-state index is -0.789. The molecule has 0 bridgehead atoms. The summed E-state index contributed by atoms with van der Waals surface area (Å²) in [5, 5.41) is 0. The molecule has 6 nitrogen and oxygen atoms in total. The van der Waals surface area contributed by atoms with Crippen LogP contribution < -0.4 is 0 Å². The average molecular weight is 948 g/mol. The van der Waals surface area contributed by atoms with Gasteiger partial charge in [-0.25, -0.2) is 0 Å². The molecule has 0 amide bonds. The summed E-state index contributed by atoms with van der Waals surface area (Å²) in [6.07, 6.45) is 72.8. The summed E-state index contributed by atoms with van der Waals surface area (Å²) in [4.78, 5) is 38.1. The number of esters is 3. The van der Waals surface area contributed by atoms with Crippen LogP contribution >= 0.6 is 0 Å². The van der Waals surface area contributed by atoms with Crippen molar-refractivity contribution in [3.8, 4) is 0 Å². The van der Waals surface area contributed by atoms with Crippen molar-refractivity contribution < 1.29 is 28.6 Å². The first-order valence-electron chi connectivity index (χ1n) is 28.6. The lowest BCUT2D eigenvalue weighted by molar-refractivity contribution is -0.167. The number of allylic oxidation sites excluding steroid dienone is 14. The molecule has 6 heteroatoms. The second-order valence-corrected chi connectivity index (χ2v) is 18.8. The molecule has 0 saturated heterocycles. The molecule has 0 fully saturated rings. The third-order valence-corrected chi connectivity index (χ3v) is 12.1. The van der Waals surface area contributed by atoms with Crippen molar-refractivity contribution in [2.45, 2.75) is 277 Å². The molecule has 390 valence electrons. The largest absolute Gasteiger partial charge is 0.462 e. The van der Waals surface area contributed by atoms with Crippen LogP contribution in [0.25, 0.3) is 0 Å². The summed E-state index contributed by atoms with van der Waals surface area (Å²) < 4.78 is 16.8. The fourth-order valence-electron chi connectivity index (χ4n) is 7.81. The molecule has 0 saturated carbocycles. The number of unbranched alkanes of at least 4 members (excludes halogenated alkanes) is 26. The van der Waals surface area contributed by atoms with E-state index < -0.39 is 6.10 Å². The molecule has 0 aliphatic rings. The third kappa shape index (κ3) is 53.5. The highest BCUT2D eigenvalue weighted by atomic mass is 16.6. The standard InChI is InChI=1S/C62H106O6/c1-4-7-10-13-16-19-22-25-27-29-31-33-35-37-40-43-46-49-52-55-61(64)67-58-59(57-66-60(63)54-51-48-45-42-39-24-21-18-15-12-9-6-3)68-62(65)56-53-50-47-44-41-38-36-34-32-30-28-26-23-20-17-14-11-8-5-2/h7,10,16-21,25-28,31,33,59H,4-6,8-9,11-15,22-24,29-30,32,34-58H2,1-3H3/b10-7-,19-16-,20-17-,21-18-,27-25-,28-26-,33-31-. The summed E-state index contributed by atoms with van der Waals surface area (Å²) in [5.74, 6) is -0.909. The Hall–Kier alpha value is -3.41. The zero-order valence-corrected chi connectivity index (χ0v) is 44.6. The first-order valence-corrected chi connectivity index (χ1v) is 28.6. The van der Waals surface area contributed by atoms with Crippen molar-refractivity contribution in [3.63, 3.8) is 0 Å². The van der Waals surface area contributed by atoms with E-state index in [9.17, 15) is 14.4 Å². The number of carbonyl (C=O) groups is 3. The zero-order valence-electron chi connectivity index (χ0n) is 44.6. The van der Waals surface area contributed by atoms with Gasteiger partial charge in [-0.1, -0.05) is 221 Å². The summed E-state index contributed by atoms with van der Waals surface area (Å²) >= 11 is 0. The van der Waals surface area contributed by atoms with E-state index in [2.05, 4.69) is 106 Å². The second kappa shape index (κ2) is 56.2. The van der Waals surface area contributed by atoms with E-state index in [1.165, 1.54) is 128 Å². The van der Waals surface area contributed by atoms with Crippen molar-refractivity contribution in [2.24, 2.45) is 0 Å². The molecule has 0 aromatic rings. The van der Waals surface area contributed by atoms with Crippen molar-refractivity contribution in [2.75, 3.05) is 13.2 Å². The lowest BCUT2D eigenvalue weighted by atomic mass is 10.1. The van der Waals surface area contributed by atoms with E-state index in [-0.39, 0.29) is 31.1 Å². The minimum absolute atomic E-state index is 0.0871. The van der Waals surface area contributed by atoms with Crippen molar-refractivity contribution in [1.82, 2.24) is 0 Å². The first-order chi connectivity index (χ1) is 33.5. The summed E-state index contributed by atoms with van der Waals surface area (Å²) in [7, 11) is 0. The number of ether oxygens (including phenoxy) is 3. The Labute approximate surface area is 420 Å². The zero-order chi connectivity index (χ0) is 49.3. The molecule has 1 unspecified atom stereocenters. The van der Waals surface area contributed by atoms with Crippen molar-refractivity contribution >= 4 is 17.9 Å². The molecular weight excluding hydrogens is 841 g/mol. The van der Waals surface area contributed by atoms with Gasteiger partial charge in [-0.2, -0.15) is 0 Å². The second-order valence-electron chi connectivity index (χ2n) is 18.8. The van der Waals surface area contributed by atoms with Gasteiger partial charge in [0.15, 0.2) is 6.10 Å². The number of hydrogen-bond donors (Lipinski definition) is 0. The predicted octanol–water partition coefficient (Wildman–Crippen LogP) is 19.2. The molecule has 1 atom stereocenters. The lowest BCUT2D eigenvalue weighted by Crippen LogP contribution is -2.30. The van der Waals surface area contributed by atoms with Gasteiger partial charge in [-0.05, 0) is 116 Å². The molecule has 0 spiro atoms. The smallest absolute Gasteiger partial charge is 0.306 e. The van der Waals surface area contributed by atoms with Gasteiger partial charge in [-0.15, -0.1) is 0 Å². The molecule has 68 heavy (non-hydrogen) atoms. The maximum atomic E-state index is 12.9. The van der Waals surface area contributed by atoms with E-state index in [0.29, 0.717) is 19.3 Å². The lowest BCUT2D eigenvalue weighted by Gasteiger charge is -2.18. The number of rotatable bonds is 51. The highest BCUT2D eigenvalue weighted by Gasteiger charge is 2.19. The number of hydrogen-bond acceptors (Lipinski definition) is 6. The van der Waals surface area contributed by atoms with E-state index in [1.807, 2.05) is 0 Å². The Kier molecular flexibility index (Phi) is 53.4. The van der Waals surface area contributed by atoms with E-state index in [1.54, 1.807) is 0 Å².